The van der Waals surface area contributed by atoms with Crippen LogP contribution in [-0.2, 0) is 20.9 Å². The fraction of sp³-hybridized carbons (Fsp3) is 0.167. The van der Waals surface area contributed by atoms with Crippen LogP contribution < -0.4 is 0 Å². The number of carboxylic acid groups (broad SMARTS) is 1. The van der Waals surface area contributed by atoms with Gasteiger partial charge in [0.05, 0.1) is 6.42 Å². The number of esters is 1. The average molecular weight is 255 g/mol. The molecule has 0 atom stereocenters. The fourth-order valence-corrected chi connectivity index (χ4v) is 1.31. The Kier molecular flexibility index (Phi) is 4.72. The number of carbonyl (C=O) groups is 2. The largest absolute Gasteiger partial charge is 0.481 e. The zero-order chi connectivity index (χ0) is 12.8. The van der Waals surface area contributed by atoms with Gasteiger partial charge in [0.15, 0.2) is 0 Å². The number of rotatable bonds is 5. The smallest absolute Gasteiger partial charge is 0.334 e. The highest BCUT2D eigenvalue weighted by Crippen LogP contribution is 2.16. The number of hydrogen-bond donors (Lipinski definition) is 1. The van der Waals surface area contributed by atoms with E-state index >= 15 is 0 Å². The first-order valence-electron chi connectivity index (χ1n) is 4.81. The minimum absolute atomic E-state index is 0.00283. The molecule has 4 nitrogen and oxygen atoms in total. The molecule has 1 aromatic rings. The summed E-state index contributed by atoms with van der Waals surface area (Å²) in [6.45, 7) is 3.34. The molecule has 0 aliphatic heterocycles. The first-order chi connectivity index (χ1) is 8.00. The molecule has 0 amide bonds. The third-order valence-electron chi connectivity index (χ3n) is 1.97. The molecule has 0 aliphatic rings. The van der Waals surface area contributed by atoms with Gasteiger partial charge in [0.25, 0.3) is 0 Å². The number of aliphatic carboxylic acids is 1. The van der Waals surface area contributed by atoms with Crippen LogP contribution in [0.4, 0.5) is 0 Å². The van der Waals surface area contributed by atoms with E-state index in [1.54, 1.807) is 24.3 Å². The van der Waals surface area contributed by atoms with E-state index in [-0.39, 0.29) is 12.2 Å². The molecule has 0 fully saturated rings. The summed E-state index contributed by atoms with van der Waals surface area (Å²) < 4.78 is 4.89. The van der Waals surface area contributed by atoms with E-state index in [0.717, 1.165) is 0 Å². The van der Waals surface area contributed by atoms with Crippen LogP contribution in [0.5, 0.6) is 0 Å². The molecule has 0 heterocycles. The van der Waals surface area contributed by atoms with Gasteiger partial charge >= 0.3 is 11.9 Å². The van der Waals surface area contributed by atoms with E-state index in [1.165, 1.54) is 0 Å². The molecule has 0 spiro atoms. The van der Waals surface area contributed by atoms with E-state index in [2.05, 4.69) is 6.58 Å². The maximum atomic E-state index is 11.3. The van der Waals surface area contributed by atoms with Crippen LogP contribution in [0.2, 0.25) is 5.02 Å². The highest BCUT2D eigenvalue weighted by atomic mass is 35.5. The van der Waals surface area contributed by atoms with Gasteiger partial charge in [-0.15, -0.1) is 0 Å². The Hall–Kier alpha value is -1.81. The van der Waals surface area contributed by atoms with Crippen LogP contribution in [0.1, 0.15) is 12.0 Å². The van der Waals surface area contributed by atoms with Crippen molar-refractivity contribution in [2.24, 2.45) is 0 Å². The Bertz CT molecular complexity index is 454. The summed E-state index contributed by atoms with van der Waals surface area (Å²) in [7, 11) is 0. The maximum absolute atomic E-state index is 11.3. The number of halogens is 1. The zero-order valence-corrected chi connectivity index (χ0v) is 9.74. The molecule has 0 aliphatic carbocycles. The minimum atomic E-state index is -1.12. The van der Waals surface area contributed by atoms with Crippen molar-refractivity contribution in [3.05, 3.63) is 47.0 Å². The Morgan fingerprint density at radius 2 is 2.00 bits per heavy atom. The van der Waals surface area contributed by atoms with Gasteiger partial charge in [-0.25, -0.2) is 4.79 Å². The Morgan fingerprint density at radius 3 is 2.59 bits per heavy atom. The lowest BCUT2D eigenvalue weighted by Crippen LogP contribution is -2.10. The highest BCUT2D eigenvalue weighted by Gasteiger charge is 2.12. The molecule has 0 unspecified atom stereocenters. The van der Waals surface area contributed by atoms with Gasteiger partial charge < -0.3 is 9.84 Å². The van der Waals surface area contributed by atoms with Crippen molar-refractivity contribution in [3.8, 4) is 0 Å². The second-order valence-corrected chi connectivity index (χ2v) is 3.75. The zero-order valence-electron chi connectivity index (χ0n) is 8.98. The second-order valence-electron chi connectivity index (χ2n) is 3.34. The number of carbonyl (C=O) groups excluding carboxylic acids is 1. The summed E-state index contributed by atoms with van der Waals surface area (Å²) in [5.41, 5.74) is 0.565. The topological polar surface area (TPSA) is 63.6 Å². The molecule has 0 bridgehead atoms. The van der Waals surface area contributed by atoms with Gasteiger partial charge in [0.2, 0.25) is 0 Å². The quantitative estimate of drug-likeness (QED) is 0.647. The van der Waals surface area contributed by atoms with Crippen LogP contribution in [-0.4, -0.2) is 17.0 Å². The average Bonchev–Trinajstić information content (AvgIpc) is 2.26. The summed E-state index contributed by atoms with van der Waals surface area (Å²) in [6.07, 6.45) is -0.429. The summed E-state index contributed by atoms with van der Waals surface area (Å²) in [4.78, 5) is 21.7. The SMILES string of the molecule is C=C(CC(=O)O)C(=O)OCc1ccccc1Cl. The standard InChI is InChI=1S/C12H11ClO4/c1-8(6-11(14)15)12(16)17-7-9-4-2-3-5-10(9)13/h2-5H,1,6-7H2,(H,14,15). The van der Waals surface area contributed by atoms with Crippen LogP contribution in [0.3, 0.4) is 0 Å². The van der Waals surface area contributed by atoms with Crippen LogP contribution in [0.15, 0.2) is 36.4 Å². The molecule has 0 saturated heterocycles. The van der Waals surface area contributed by atoms with Gasteiger partial charge in [-0.05, 0) is 6.07 Å². The third kappa shape index (κ3) is 4.28. The van der Waals surface area contributed by atoms with Gasteiger partial charge in [-0.2, -0.15) is 0 Å². The summed E-state index contributed by atoms with van der Waals surface area (Å²) in [6, 6.07) is 6.92. The van der Waals surface area contributed by atoms with Crippen molar-refractivity contribution in [2.45, 2.75) is 13.0 Å². The minimum Gasteiger partial charge on any atom is -0.481 e. The van der Waals surface area contributed by atoms with Gasteiger partial charge in [-0.1, -0.05) is 36.4 Å². The molecule has 0 saturated carbocycles. The molecule has 1 N–H and O–H groups in total. The molecule has 1 rings (SSSR count). The highest BCUT2D eigenvalue weighted by molar-refractivity contribution is 6.31. The Morgan fingerprint density at radius 1 is 1.35 bits per heavy atom. The monoisotopic (exact) mass is 254 g/mol. The van der Waals surface area contributed by atoms with E-state index < -0.39 is 18.4 Å². The van der Waals surface area contributed by atoms with E-state index in [1.807, 2.05) is 0 Å². The van der Waals surface area contributed by atoms with Crippen LogP contribution in [0, 0.1) is 0 Å². The maximum Gasteiger partial charge on any atom is 0.334 e. The lowest BCUT2D eigenvalue weighted by atomic mass is 10.2. The van der Waals surface area contributed by atoms with E-state index in [4.69, 9.17) is 21.4 Å². The molecule has 90 valence electrons. The van der Waals surface area contributed by atoms with Crippen molar-refractivity contribution in [2.75, 3.05) is 0 Å². The molecule has 0 radical (unpaired) electrons. The molecular formula is C12H11ClO4. The number of carboxylic acids is 1. The lowest BCUT2D eigenvalue weighted by molar-refractivity contribution is -0.143. The molecular weight excluding hydrogens is 244 g/mol. The normalized spacial score (nSPS) is 9.71. The predicted octanol–water partition coefficient (Wildman–Crippen LogP) is 2.41. The first kappa shape index (κ1) is 13.3. The Labute approximate surface area is 103 Å². The second kappa shape index (κ2) is 6.06. The molecule has 1 aromatic carbocycles. The van der Waals surface area contributed by atoms with Gasteiger partial charge in [0.1, 0.15) is 6.61 Å². The van der Waals surface area contributed by atoms with Crippen LogP contribution in [0.25, 0.3) is 0 Å². The van der Waals surface area contributed by atoms with Crippen LogP contribution >= 0.6 is 11.6 Å². The van der Waals surface area contributed by atoms with Gasteiger partial charge in [-0.3, -0.25) is 4.79 Å². The lowest BCUT2D eigenvalue weighted by Gasteiger charge is -2.06. The predicted molar refractivity (Wildman–Crippen MR) is 62.6 cm³/mol. The Balaban J connectivity index is 2.51. The third-order valence-corrected chi connectivity index (χ3v) is 2.34. The molecule has 17 heavy (non-hydrogen) atoms. The summed E-state index contributed by atoms with van der Waals surface area (Å²) >= 11 is 5.86. The number of ether oxygens (including phenoxy) is 1. The van der Waals surface area contributed by atoms with Gasteiger partial charge in [0, 0.05) is 16.2 Å². The van der Waals surface area contributed by atoms with Crippen molar-refractivity contribution in [3.63, 3.8) is 0 Å². The van der Waals surface area contributed by atoms with Crippen molar-refractivity contribution < 1.29 is 19.4 Å². The first-order valence-corrected chi connectivity index (χ1v) is 5.18. The summed E-state index contributed by atoms with van der Waals surface area (Å²) in [5, 5.41) is 8.96. The fourth-order valence-electron chi connectivity index (χ4n) is 1.12. The molecule has 0 aromatic heterocycles. The van der Waals surface area contributed by atoms with Crippen molar-refractivity contribution >= 4 is 23.5 Å². The number of benzene rings is 1. The van der Waals surface area contributed by atoms with Crippen molar-refractivity contribution in [1.82, 2.24) is 0 Å². The van der Waals surface area contributed by atoms with Crippen molar-refractivity contribution in [1.29, 1.82) is 0 Å². The van der Waals surface area contributed by atoms with E-state index in [9.17, 15) is 9.59 Å². The van der Waals surface area contributed by atoms with E-state index in [0.29, 0.717) is 10.6 Å². The number of hydrogen-bond acceptors (Lipinski definition) is 3. The summed E-state index contributed by atoms with van der Waals surface area (Å²) in [5.74, 6) is -1.85. The molecule has 5 heteroatoms.